The topological polar surface area (TPSA) is 624 Å². The maximum atomic E-state index is 10.5. The summed E-state index contributed by atoms with van der Waals surface area (Å²) in [5.41, 5.74) is 58.2. The van der Waals surface area contributed by atoms with Crippen molar-refractivity contribution in [1.82, 2.24) is 19.6 Å². The van der Waals surface area contributed by atoms with Crippen molar-refractivity contribution in [2.75, 3.05) is 157 Å². The number of carboxylic acids is 8. The molecule has 0 rings (SSSR count). The standard InChI is InChI=1S/C10H20N2O4.2C8H13NO6.12C2H7N/c1-3-11(7-9(13)14)5-6-12(4-2)8-10(15)16;2*10-6(11)2-1-3-9(4-7(12)13)5-8(14)15;12*1-2-3/h3-8H2,1-2H3,(H,13,14)(H,15,16);2*1-5H2,(H,10,11)(H,12,13)(H,14,15);12*2-3H2,1H3. The maximum Gasteiger partial charge on any atom is 0.317 e. The normalized spacial score (nSPS) is 8.51. The molecule has 0 heterocycles. The van der Waals surface area contributed by atoms with E-state index < -0.39 is 73.9 Å². The zero-order valence-corrected chi connectivity index (χ0v) is 53.4. The van der Waals surface area contributed by atoms with Gasteiger partial charge in [0.25, 0.3) is 0 Å². The molecule has 0 aromatic heterocycles. The second kappa shape index (κ2) is 123. The number of rotatable bonds is 25. The predicted molar refractivity (Wildman–Crippen MR) is 333 cm³/mol. The average molecular weight is 1210 g/mol. The molecular weight excluding hydrogens is 1080 g/mol. The third-order valence-electron chi connectivity index (χ3n) is 5.51. The fourth-order valence-electron chi connectivity index (χ4n) is 3.46. The summed E-state index contributed by atoms with van der Waals surface area (Å²) in [6, 6.07) is 0. The minimum absolute atomic E-state index is 0.00112. The molecule has 0 aliphatic carbocycles. The van der Waals surface area contributed by atoms with Gasteiger partial charge in [-0.1, -0.05) is 96.9 Å². The van der Waals surface area contributed by atoms with E-state index in [2.05, 4.69) is 0 Å². The van der Waals surface area contributed by atoms with Gasteiger partial charge in [0.1, 0.15) is 0 Å². The molecule has 0 saturated carbocycles. The maximum absolute atomic E-state index is 10.5. The van der Waals surface area contributed by atoms with Gasteiger partial charge in [0, 0.05) is 25.9 Å². The first-order chi connectivity index (χ1) is 38.3. The van der Waals surface area contributed by atoms with Crippen LogP contribution in [0.4, 0.5) is 0 Å². The van der Waals surface area contributed by atoms with Crippen molar-refractivity contribution in [2.45, 2.75) is 123 Å². The monoisotopic (exact) mass is 1210 g/mol. The number of carboxylic acid groups (broad SMARTS) is 8. The van der Waals surface area contributed by atoms with Crippen molar-refractivity contribution >= 4 is 47.8 Å². The Bertz CT molecular complexity index is 1060. The summed E-state index contributed by atoms with van der Waals surface area (Å²) in [5, 5.41) is 67.8. The van der Waals surface area contributed by atoms with Gasteiger partial charge in [0.05, 0.1) is 39.3 Å². The van der Waals surface area contributed by atoms with Crippen molar-refractivity contribution in [3.63, 3.8) is 0 Å². The highest BCUT2D eigenvalue weighted by Crippen LogP contribution is 1.97. The molecule has 0 bridgehead atoms. The molecule has 0 aromatic carbocycles. The van der Waals surface area contributed by atoms with Crippen molar-refractivity contribution in [1.29, 1.82) is 0 Å². The summed E-state index contributed by atoms with van der Waals surface area (Å²) >= 11 is 0. The van der Waals surface area contributed by atoms with Crippen LogP contribution in [0.2, 0.25) is 0 Å². The van der Waals surface area contributed by atoms with Gasteiger partial charge in [-0.05, 0) is 118 Å². The number of nitrogens with two attached hydrogens (primary N) is 12. The Labute approximate surface area is 493 Å². The zero-order valence-electron chi connectivity index (χ0n) is 53.4. The molecule has 0 radical (unpaired) electrons. The molecular formula is C50H130N16O16. The Hall–Kier alpha value is -4.88. The number of carbonyl (C=O) groups is 8. The molecule has 0 atom stereocenters. The molecule has 82 heavy (non-hydrogen) atoms. The van der Waals surface area contributed by atoms with E-state index in [0.29, 0.717) is 26.2 Å². The van der Waals surface area contributed by atoms with Crippen molar-refractivity contribution in [2.24, 2.45) is 68.8 Å². The lowest BCUT2D eigenvalue weighted by molar-refractivity contribution is -0.144. The SMILES string of the molecule is CCN.CCN.CCN.CCN.CCN.CCN.CCN.CCN.CCN.CCN.CCN.CCN.CCN(CCN(CC)CC(=O)O)CC(=O)O.O=C(O)CCCN(CC(=O)O)CC(=O)O.O=C(O)CCCN(CC(=O)O)CC(=O)O. The van der Waals surface area contributed by atoms with E-state index in [9.17, 15) is 38.4 Å². The number of nitrogens with zero attached hydrogens (tertiary/aromatic N) is 4. The van der Waals surface area contributed by atoms with Crippen LogP contribution in [0, 0.1) is 0 Å². The lowest BCUT2D eigenvalue weighted by Gasteiger charge is -2.23. The van der Waals surface area contributed by atoms with Crippen LogP contribution in [0.3, 0.4) is 0 Å². The van der Waals surface area contributed by atoms with Crippen LogP contribution in [0.25, 0.3) is 0 Å². The van der Waals surface area contributed by atoms with Crippen molar-refractivity contribution in [3.8, 4) is 0 Å². The summed E-state index contributed by atoms with van der Waals surface area (Å²) < 4.78 is 0. The van der Waals surface area contributed by atoms with Gasteiger partial charge >= 0.3 is 47.8 Å². The van der Waals surface area contributed by atoms with Crippen molar-refractivity contribution < 1.29 is 79.2 Å². The minimum Gasteiger partial charge on any atom is -0.481 e. The summed E-state index contributed by atoms with van der Waals surface area (Å²) in [6.45, 7) is 36.8. The van der Waals surface area contributed by atoms with E-state index in [0.717, 1.165) is 78.5 Å². The van der Waals surface area contributed by atoms with E-state index in [-0.39, 0.29) is 51.9 Å². The van der Waals surface area contributed by atoms with Gasteiger partial charge in [-0.2, -0.15) is 0 Å². The fourth-order valence-corrected chi connectivity index (χ4v) is 3.46. The van der Waals surface area contributed by atoms with Crippen molar-refractivity contribution in [3.05, 3.63) is 0 Å². The zero-order chi connectivity index (χ0) is 68.7. The number of likely N-dealkylation sites (N-methyl/N-ethyl adjacent to an activating group) is 2. The quantitative estimate of drug-likeness (QED) is 0.0471. The molecule has 506 valence electrons. The van der Waals surface area contributed by atoms with E-state index in [1.165, 1.54) is 9.80 Å². The lowest BCUT2D eigenvalue weighted by atomic mass is 10.3. The Morgan fingerprint density at radius 1 is 0.232 bits per heavy atom. The highest BCUT2D eigenvalue weighted by molar-refractivity contribution is 5.73. The summed E-state index contributed by atoms with van der Waals surface area (Å²) in [4.78, 5) is 88.6. The van der Waals surface area contributed by atoms with E-state index in [1.54, 1.807) is 9.80 Å². The molecule has 0 aromatic rings. The first kappa shape index (κ1) is 116. The van der Waals surface area contributed by atoms with E-state index in [1.807, 2.05) is 96.9 Å². The predicted octanol–water partition coefficient (Wildman–Crippen LogP) is -1.98. The van der Waals surface area contributed by atoms with Crippen LogP contribution in [0.15, 0.2) is 0 Å². The second-order valence-corrected chi connectivity index (χ2v) is 14.4. The highest BCUT2D eigenvalue weighted by atomic mass is 16.4. The Morgan fingerprint density at radius 2 is 0.354 bits per heavy atom. The van der Waals surface area contributed by atoms with Crippen LogP contribution < -0.4 is 68.8 Å². The van der Waals surface area contributed by atoms with Crippen LogP contribution >= 0.6 is 0 Å². The first-order valence-corrected chi connectivity index (χ1v) is 27.3. The third-order valence-corrected chi connectivity index (χ3v) is 5.51. The molecule has 0 aliphatic rings. The number of hydrogen-bond donors (Lipinski definition) is 20. The fraction of sp³-hybridized carbons (Fsp3) is 0.840. The largest absolute Gasteiger partial charge is 0.481 e. The number of aliphatic carboxylic acids is 8. The summed E-state index contributed by atoms with van der Waals surface area (Å²) in [6.07, 6.45) is 0.261. The molecule has 32 N–H and O–H groups in total. The Kier molecular flexibility index (Phi) is 174. The average Bonchev–Trinajstić information content (AvgIpc) is 3.32. The molecule has 0 aliphatic heterocycles. The molecule has 32 heteroatoms. The van der Waals surface area contributed by atoms with Gasteiger partial charge in [0.15, 0.2) is 0 Å². The van der Waals surface area contributed by atoms with Crippen LogP contribution in [0.5, 0.6) is 0 Å². The molecule has 0 fully saturated rings. The Balaban J connectivity index is -0.0000000489. The van der Waals surface area contributed by atoms with E-state index in [4.69, 9.17) is 110 Å². The van der Waals surface area contributed by atoms with Gasteiger partial charge in [0.2, 0.25) is 0 Å². The molecule has 0 amide bonds. The van der Waals surface area contributed by atoms with Gasteiger partial charge in [-0.15, -0.1) is 0 Å². The summed E-state index contributed by atoms with van der Waals surface area (Å²) in [7, 11) is 0. The first-order valence-electron chi connectivity index (χ1n) is 27.3. The van der Waals surface area contributed by atoms with Gasteiger partial charge in [-0.3, -0.25) is 58.0 Å². The minimum atomic E-state index is -1.13. The van der Waals surface area contributed by atoms with Crippen LogP contribution in [-0.4, -0.2) is 265 Å². The molecule has 0 spiro atoms. The second-order valence-electron chi connectivity index (χ2n) is 14.4. The van der Waals surface area contributed by atoms with E-state index >= 15 is 0 Å². The summed E-state index contributed by atoms with van der Waals surface area (Å²) in [5.74, 6) is -8.22. The van der Waals surface area contributed by atoms with Gasteiger partial charge in [-0.25, -0.2) is 0 Å². The smallest absolute Gasteiger partial charge is 0.317 e. The van der Waals surface area contributed by atoms with Crippen LogP contribution in [-0.2, 0) is 38.4 Å². The highest BCUT2D eigenvalue weighted by Gasteiger charge is 2.15. The third kappa shape index (κ3) is 256. The lowest BCUT2D eigenvalue weighted by Crippen LogP contribution is -2.39. The molecule has 0 unspecified atom stereocenters. The molecule has 32 nitrogen and oxygen atoms in total. The number of hydrogen-bond acceptors (Lipinski definition) is 24. The van der Waals surface area contributed by atoms with Crippen LogP contribution in [0.1, 0.15) is 123 Å². The van der Waals surface area contributed by atoms with Gasteiger partial charge < -0.3 is 110 Å². The Morgan fingerprint density at radius 3 is 0.451 bits per heavy atom. The molecule has 0 saturated heterocycles.